The van der Waals surface area contributed by atoms with Crippen molar-refractivity contribution in [3.8, 4) is 61.6 Å². The monoisotopic (exact) mass is 796 g/mol. The Bertz CT molecular complexity index is 3420. The van der Waals surface area contributed by atoms with Crippen molar-refractivity contribution in [1.29, 1.82) is 0 Å². The molecule has 12 rings (SSSR count). The number of fused-ring (bicyclic) bond motifs is 9. The second-order valence-corrected chi connectivity index (χ2v) is 18.5. The van der Waals surface area contributed by atoms with E-state index in [1.165, 1.54) is 11.1 Å². The second kappa shape index (κ2) is 14.0. The Hall–Kier alpha value is -7.58. The van der Waals surface area contributed by atoms with E-state index in [-0.39, 0.29) is 0 Å². The highest BCUT2D eigenvalue weighted by atomic mass is 31.2. The summed E-state index contributed by atoms with van der Waals surface area (Å²) in [5.41, 5.74) is 13.4. The van der Waals surface area contributed by atoms with Crippen LogP contribution in [0.25, 0.3) is 94.2 Å². The molecule has 1 atom stereocenters. The lowest BCUT2D eigenvalue weighted by Crippen LogP contribution is -2.22. The number of benzene rings is 9. The molecule has 0 saturated heterocycles. The van der Waals surface area contributed by atoms with Gasteiger partial charge in [-0.15, -0.1) is 0 Å². The van der Waals surface area contributed by atoms with Gasteiger partial charge in [0, 0.05) is 37.9 Å². The van der Waals surface area contributed by atoms with E-state index in [9.17, 15) is 0 Å². The number of pyridine rings is 1. The first-order chi connectivity index (χ1) is 30.1. The zero-order valence-electron chi connectivity index (χ0n) is 33.1. The van der Waals surface area contributed by atoms with Crippen LogP contribution in [-0.4, -0.2) is 9.55 Å². The molecule has 0 amide bonds. The van der Waals surface area contributed by atoms with Crippen molar-refractivity contribution in [3.05, 3.63) is 224 Å². The van der Waals surface area contributed by atoms with Crippen LogP contribution in [0.4, 0.5) is 0 Å². The number of rotatable bonds is 6. The molecule has 11 aromatic rings. The average Bonchev–Trinajstić information content (AvgIpc) is 3.82. The maximum atomic E-state index is 16.4. The lowest BCUT2D eigenvalue weighted by Gasteiger charge is -2.19. The van der Waals surface area contributed by atoms with E-state index in [1.54, 1.807) is 0 Å². The third-order valence-corrected chi connectivity index (χ3v) is 15.6. The Balaban J connectivity index is 1.18. The molecular formula is C57H37N2OP. The van der Waals surface area contributed by atoms with Crippen LogP contribution in [0.15, 0.2) is 224 Å². The van der Waals surface area contributed by atoms with Crippen molar-refractivity contribution in [2.24, 2.45) is 0 Å². The highest BCUT2D eigenvalue weighted by molar-refractivity contribution is 7.86. The minimum absolute atomic E-state index is 0.837. The number of nitrogens with zero attached hydrogens (tertiary/aromatic N) is 2. The Kier molecular flexibility index (Phi) is 8.13. The first-order valence-corrected chi connectivity index (χ1v) is 22.4. The zero-order chi connectivity index (χ0) is 40.5. The fourth-order valence-electron chi connectivity index (χ4n) is 9.51. The predicted octanol–water partition coefficient (Wildman–Crippen LogP) is 13.6. The van der Waals surface area contributed by atoms with E-state index in [0.29, 0.717) is 0 Å². The summed E-state index contributed by atoms with van der Waals surface area (Å²) >= 11 is 0. The van der Waals surface area contributed by atoms with Crippen molar-refractivity contribution in [2.75, 3.05) is 0 Å². The Morgan fingerprint density at radius 3 is 1.51 bits per heavy atom. The molecule has 0 fully saturated rings. The van der Waals surface area contributed by atoms with E-state index in [4.69, 9.17) is 4.98 Å². The van der Waals surface area contributed by atoms with Gasteiger partial charge in [0.1, 0.15) is 0 Å². The van der Waals surface area contributed by atoms with Crippen LogP contribution >= 0.6 is 7.14 Å². The van der Waals surface area contributed by atoms with Crippen LogP contribution < -0.4 is 15.9 Å². The van der Waals surface area contributed by atoms with Gasteiger partial charge in [-0.05, 0) is 50.9 Å². The highest BCUT2D eigenvalue weighted by Crippen LogP contribution is 2.55. The summed E-state index contributed by atoms with van der Waals surface area (Å²) in [5.74, 6) is 0. The largest absolute Gasteiger partial charge is 0.309 e. The molecule has 0 aliphatic carbocycles. The van der Waals surface area contributed by atoms with E-state index in [0.717, 1.165) is 98.9 Å². The molecule has 0 saturated carbocycles. The molecule has 1 aliphatic rings. The van der Waals surface area contributed by atoms with Crippen LogP contribution in [0.1, 0.15) is 0 Å². The van der Waals surface area contributed by atoms with E-state index >= 15 is 4.57 Å². The van der Waals surface area contributed by atoms with Crippen molar-refractivity contribution >= 4 is 55.6 Å². The fourth-order valence-corrected chi connectivity index (χ4v) is 12.8. The van der Waals surface area contributed by atoms with Gasteiger partial charge in [0.05, 0.1) is 33.4 Å². The molecule has 0 N–H and O–H groups in total. The Morgan fingerprint density at radius 1 is 0.377 bits per heavy atom. The number of hydrogen-bond donors (Lipinski definition) is 0. The molecule has 3 nitrogen and oxygen atoms in total. The maximum Gasteiger partial charge on any atom is 0.174 e. The van der Waals surface area contributed by atoms with Gasteiger partial charge in [0.15, 0.2) is 7.14 Å². The summed E-state index contributed by atoms with van der Waals surface area (Å²) < 4.78 is 18.8. The van der Waals surface area contributed by atoms with Crippen LogP contribution in [-0.2, 0) is 4.57 Å². The summed E-state index contributed by atoms with van der Waals surface area (Å²) in [5, 5.41) is 7.08. The van der Waals surface area contributed by atoms with Gasteiger partial charge in [-0.3, -0.25) is 0 Å². The van der Waals surface area contributed by atoms with Crippen LogP contribution in [0.5, 0.6) is 0 Å². The van der Waals surface area contributed by atoms with Crippen LogP contribution in [0.2, 0.25) is 0 Å². The zero-order valence-corrected chi connectivity index (χ0v) is 34.0. The molecule has 2 aromatic heterocycles. The standard InChI is InChI=1S/C57H37N2OP/c60-61(46-19-8-3-9-20-46)54-23-13-12-22-48(54)51-35-34-50-49-33-32-42-18-10-11-21-47(42)55(49)59(56(50)57(51)61)45-36-52(43-28-24-40(25-29-43)38-14-4-1-5-15-38)58-53(37-45)44-30-26-41(27-31-44)39-16-6-2-7-17-39/h1-37H. The fraction of sp³-hybridized carbons (Fsp3) is 0. The molecule has 9 aromatic carbocycles. The summed E-state index contributed by atoms with van der Waals surface area (Å²) in [6.07, 6.45) is 0. The average molecular weight is 797 g/mol. The molecule has 3 heterocycles. The molecule has 4 heteroatoms. The third-order valence-electron chi connectivity index (χ3n) is 12.4. The molecule has 0 spiro atoms. The highest BCUT2D eigenvalue weighted by Gasteiger charge is 2.43. The van der Waals surface area contributed by atoms with E-state index in [1.807, 2.05) is 48.5 Å². The smallest absolute Gasteiger partial charge is 0.174 e. The van der Waals surface area contributed by atoms with Gasteiger partial charge in [-0.2, -0.15) is 0 Å². The first-order valence-electron chi connectivity index (χ1n) is 20.7. The second-order valence-electron chi connectivity index (χ2n) is 15.8. The Morgan fingerprint density at radius 2 is 0.869 bits per heavy atom. The van der Waals surface area contributed by atoms with Gasteiger partial charge in [-0.25, -0.2) is 4.98 Å². The van der Waals surface area contributed by atoms with Gasteiger partial charge in [0.2, 0.25) is 0 Å². The van der Waals surface area contributed by atoms with E-state index in [2.05, 4.69) is 180 Å². The molecular weight excluding hydrogens is 760 g/mol. The van der Waals surface area contributed by atoms with Crippen LogP contribution in [0, 0.1) is 0 Å². The van der Waals surface area contributed by atoms with E-state index < -0.39 is 7.14 Å². The normalized spacial score (nSPS) is 14.4. The van der Waals surface area contributed by atoms with Gasteiger partial charge in [0.25, 0.3) is 0 Å². The van der Waals surface area contributed by atoms with Crippen molar-refractivity contribution < 1.29 is 4.57 Å². The summed E-state index contributed by atoms with van der Waals surface area (Å²) in [4.78, 5) is 5.42. The van der Waals surface area contributed by atoms with Gasteiger partial charge >= 0.3 is 0 Å². The van der Waals surface area contributed by atoms with Crippen molar-refractivity contribution in [2.45, 2.75) is 0 Å². The Labute approximate surface area is 354 Å². The lowest BCUT2D eigenvalue weighted by molar-refractivity contribution is 0.593. The molecule has 1 aliphatic heterocycles. The van der Waals surface area contributed by atoms with Gasteiger partial charge in [-0.1, -0.05) is 212 Å². The maximum absolute atomic E-state index is 16.4. The summed E-state index contributed by atoms with van der Waals surface area (Å²) in [7, 11) is -3.36. The molecule has 61 heavy (non-hydrogen) atoms. The molecule has 0 bridgehead atoms. The lowest BCUT2D eigenvalue weighted by atomic mass is 10.0. The summed E-state index contributed by atoms with van der Waals surface area (Å²) in [6.45, 7) is 0. The van der Waals surface area contributed by atoms with Gasteiger partial charge < -0.3 is 9.13 Å². The molecule has 286 valence electrons. The summed E-state index contributed by atoms with van der Waals surface area (Å²) in [6, 6.07) is 78.7. The third kappa shape index (κ3) is 5.59. The first kappa shape index (κ1) is 35.4. The van der Waals surface area contributed by atoms with Crippen molar-refractivity contribution in [3.63, 3.8) is 0 Å². The minimum atomic E-state index is -3.36. The molecule has 1 unspecified atom stereocenters. The quantitative estimate of drug-likeness (QED) is 0.157. The number of aromatic nitrogens is 2. The predicted molar refractivity (Wildman–Crippen MR) is 256 cm³/mol. The van der Waals surface area contributed by atoms with Crippen LogP contribution in [0.3, 0.4) is 0 Å². The molecule has 0 radical (unpaired) electrons. The SMILES string of the molecule is O=P1(c2ccccc2)c2ccccc2-c2ccc3c4ccc5ccccc5c4n(-c4cc(-c5ccc(-c6ccccc6)cc5)nc(-c5ccc(-c6ccccc6)cc5)c4)c3c21. The van der Waals surface area contributed by atoms with Crippen molar-refractivity contribution in [1.82, 2.24) is 9.55 Å². The minimum Gasteiger partial charge on any atom is -0.309 e. The number of hydrogen-bond acceptors (Lipinski definition) is 2. The topological polar surface area (TPSA) is 34.9 Å².